The van der Waals surface area contributed by atoms with E-state index in [-0.39, 0.29) is 24.1 Å². The molecule has 1 heterocycles. The summed E-state index contributed by atoms with van der Waals surface area (Å²) in [4.78, 5) is 30.0. The van der Waals surface area contributed by atoms with E-state index in [4.69, 9.17) is 18.9 Å². The Morgan fingerprint density at radius 2 is 1.62 bits per heavy atom. The van der Waals surface area contributed by atoms with Crippen LogP contribution in [0, 0.1) is 0 Å². The zero-order chi connectivity index (χ0) is 22.8. The number of hydrogen-bond donors (Lipinski definition) is 1. The molecule has 9 heteroatoms. The van der Waals surface area contributed by atoms with Crippen LogP contribution in [-0.4, -0.2) is 43.9 Å². The first kappa shape index (κ1) is 21.5. The summed E-state index contributed by atoms with van der Waals surface area (Å²) in [5.41, 5.74) is 2.25. The molecule has 4 rings (SSSR count). The Hall–Kier alpha value is -3.75. The molecule has 0 saturated carbocycles. The Kier molecular flexibility index (Phi) is 5.89. The number of aryl methyl sites for hydroxylation is 1. The maximum absolute atomic E-state index is 12.9. The highest BCUT2D eigenvalue weighted by Crippen LogP contribution is 2.39. The molecule has 2 aromatic carbocycles. The fourth-order valence-corrected chi connectivity index (χ4v) is 4.08. The molecule has 0 bridgehead atoms. The quantitative estimate of drug-likeness (QED) is 0.602. The van der Waals surface area contributed by atoms with Crippen LogP contribution >= 0.6 is 0 Å². The van der Waals surface area contributed by atoms with E-state index in [0.717, 1.165) is 24.0 Å². The third-order valence-electron chi connectivity index (χ3n) is 5.70. The Morgan fingerprint density at radius 3 is 2.31 bits per heavy atom. The van der Waals surface area contributed by atoms with Crippen molar-refractivity contribution in [2.75, 3.05) is 28.4 Å². The van der Waals surface area contributed by atoms with Gasteiger partial charge in [0.2, 0.25) is 5.91 Å². The predicted octanol–water partition coefficient (Wildman–Crippen LogP) is 2.23. The van der Waals surface area contributed by atoms with Crippen molar-refractivity contribution in [2.45, 2.75) is 25.4 Å². The number of fused-ring (bicyclic) bond motifs is 2. The molecule has 1 amide bonds. The molecular formula is C23H25N3O6. The van der Waals surface area contributed by atoms with E-state index in [1.807, 2.05) is 12.1 Å². The molecule has 1 aromatic heterocycles. The molecule has 0 unspecified atom stereocenters. The van der Waals surface area contributed by atoms with Gasteiger partial charge in [0.05, 0.1) is 51.7 Å². The molecule has 32 heavy (non-hydrogen) atoms. The first-order valence-electron chi connectivity index (χ1n) is 10.1. The van der Waals surface area contributed by atoms with Gasteiger partial charge in [-0.2, -0.15) is 0 Å². The molecule has 9 nitrogen and oxygen atoms in total. The molecule has 168 valence electrons. The Bertz CT molecular complexity index is 1240. The van der Waals surface area contributed by atoms with E-state index in [9.17, 15) is 9.59 Å². The second kappa shape index (κ2) is 8.78. The maximum Gasteiger partial charge on any atom is 0.261 e. The Labute approximate surface area is 184 Å². The topological polar surface area (TPSA) is 101 Å². The summed E-state index contributed by atoms with van der Waals surface area (Å²) in [6, 6.07) is 6.89. The number of benzene rings is 2. The first-order chi connectivity index (χ1) is 15.5. The third kappa shape index (κ3) is 3.81. The van der Waals surface area contributed by atoms with Gasteiger partial charge in [-0.05, 0) is 42.2 Å². The number of methoxy groups -OCH3 is 4. The van der Waals surface area contributed by atoms with Gasteiger partial charge in [-0.1, -0.05) is 0 Å². The van der Waals surface area contributed by atoms with Crippen molar-refractivity contribution in [1.82, 2.24) is 14.9 Å². The van der Waals surface area contributed by atoms with Crippen LogP contribution in [0.2, 0.25) is 0 Å². The second-order valence-corrected chi connectivity index (χ2v) is 7.47. The predicted molar refractivity (Wildman–Crippen MR) is 118 cm³/mol. The zero-order valence-electron chi connectivity index (χ0n) is 18.4. The summed E-state index contributed by atoms with van der Waals surface area (Å²) in [6.45, 7) is -0.144. The zero-order valence-corrected chi connectivity index (χ0v) is 18.4. The highest BCUT2D eigenvalue weighted by Gasteiger charge is 2.26. The molecule has 1 N–H and O–H groups in total. The number of nitrogens with zero attached hydrogens (tertiary/aromatic N) is 2. The molecule has 1 atom stereocenters. The summed E-state index contributed by atoms with van der Waals surface area (Å²) in [6.07, 6.45) is 2.95. The summed E-state index contributed by atoms with van der Waals surface area (Å²) in [7, 11) is 6.19. The lowest BCUT2D eigenvalue weighted by Crippen LogP contribution is -2.34. The van der Waals surface area contributed by atoms with Gasteiger partial charge in [0.15, 0.2) is 23.0 Å². The van der Waals surface area contributed by atoms with Gasteiger partial charge in [0, 0.05) is 6.07 Å². The fraction of sp³-hybridized carbons (Fsp3) is 0.348. The monoisotopic (exact) mass is 439 g/mol. The smallest absolute Gasteiger partial charge is 0.261 e. The Morgan fingerprint density at radius 1 is 1.00 bits per heavy atom. The van der Waals surface area contributed by atoms with Crippen LogP contribution in [0.25, 0.3) is 10.9 Å². The molecule has 0 aliphatic heterocycles. The first-order valence-corrected chi connectivity index (χ1v) is 10.1. The minimum absolute atomic E-state index is 0.144. The highest BCUT2D eigenvalue weighted by atomic mass is 16.5. The van der Waals surface area contributed by atoms with Crippen LogP contribution in [0.5, 0.6) is 23.0 Å². The van der Waals surface area contributed by atoms with Crippen molar-refractivity contribution >= 4 is 16.8 Å². The van der Waals surface area contributed by atoms with E-state index in [2.05, 4.69) is 10.3 Å². The average molecular weight is 439 g/mol. The number of hydrogen-bond acceptors (Lipinski definition) is 7. The van der Waals surface area contributed by atoms with Crippen molar-refractivity contribution in [3.05, 3.63) is 52.1 Å². The van der Waals surface area contributed by atoms with Crippen molar-refractivity contribution < 1.29 is 23.7 Å². The lowest BCUT2D eigenvalue weighted by molar-refractivity contribution is -0.122. The Balaban J connectivity index is 1.56. The molecule has 0 spiro atoms. The molecule has 1 aliphatic rings. The fourth-order valence-electron chi connectivity index (χ4n) is 4.08. The second-order valence-electron chi connectivity index (χ2n) is 7.47. The minimum Gasteiger partial charge on any atom is -0.493 e. The van der Waals surface area contributed by atoms with Crippen LogP contribution in [0.4, 0.5) is 0 Å². The molecular weight excluding hydrogens is 414 g/mol. The standard InChI is InChI=1S/C23H25N3O6/c1-29-18-7-13-5-6-16(14(13)8-19(18)30-2)25-22(27)11-26-12-24-17-10-21(32-4)20(31-3)9-15(17)23(26)28/h7-10,12,16H,5-6,11H2,1-4H3,(H,25,27)/t16-/m0/s1. The van der Waals surface area contributed by atoms with E-state index in [1.165, 1.54) is 25.1 Å². The van der Waals surface area contributed by atoms with Gasteiger partial charge in [0.25, 0.3) is 5.56 Å². The van der Waals surface area contributed by atoms with Gasteiger partial charge in [0.1, 0.15) is 6.54 Å². The lowest BCUT2D eigenvalue weighted by Gasteiger charge is -2.17. The molecule has 0 fully saturated rings. The van der Waals surface area contributed by atoms with E-state index in [0.29, 0.717) is 33.9 Å². The van der Waals surface area contributed by atoms with Gasteiger partial charge in [-0.15, -0.1) is 0 Å². The number of carbonyl (C=O) groups excluding carboxylic acids is 1. The number of ether oxygens (including phenoxy) is 4. The summed E-state index contributed by atoms with van der Waals surface area (Å²) >= 11 is 0. The van der Waals surface area contributed by atoms with Crippen LogP contribution in [-0.2, 0) is 17.8 Å². The SMILES string of the molecule is COc1cc2c(cc1OC)[C@@H](NC(=O)Cn1cnc3cc(OC)c(OC)cc3c1=O)CC2. The minimum atomic E-state index is -0.329. The number of amides is 1. The van der Waals surface area contributed by atoms with Gasteiger partial charge >= 0.3 is 0 Å². The van der Waals surface area contributed by atoms with E-state index < -0.39 is 0 Å². The maximum atomic E-state index is 12.9. The van der Waals surface area contributed by atoms with Gasteiger partial charge in [-0.25, -0.2) is 4.98 Å². The van der Waals surface area contributed by atoms with Crippen LogP contribution in [0.1, 0.15) is 23.6 Å². The largest absolute Gasteiger partial charge is 0.493 e. The third-order valence-corrected chi connectivity index (χ3v) is 5.70. The van der Waals surface area contributed by atoms with Crippen molar-refractivity contribution in [1.29, 1.82) is 0 Å². The lowest BCUT2D eigenvalue weighted by atomic mass is 10.1. The molecule has 0 saturated heterocycles. The molecule has 0 radical (unpaired) electrons. The van der Waals surface area contributed by atoms with Crippen molar-refractivity contribution in [2.24, 2.45) is 0 Å². The number of nitrogens with one attached hydrogen (secondary N) is 1. The molecule has 3 aromatic rings. The number of aromatic nitrogens is 2. The summed E-state index contributed by atoms with van der Waals surface area (Å²) in [5, 5.41) is 3.37. The van der Waals surface area contributed by atoms with Crippen molar-refractivity contribution in [3.8, 4) is 23.0 Å². The van der Waals surface area contributed by atoms with Crippen LogP contribution < -0.4 is 29.8 Å². The van der Waals surface area contributed by atoms with Crippen molar-refractivity contribution in [3.63, 3.8) is 0 Å². The average Bonchev–Trinajstić information content (AvgIpc) is 3.20. The van der Waals surface area contributed by atoms with Crippen LogP contribution in [0.15, 0.2) is 35.4 Å². The van der Waals surface area contributed by atoms with E-state index >= 15 is 0 Å². The van der Waals surface area contributed by atoms with Gasteiger partial charge < -0.3 is 24.3 Å². The van der Waals surface area contributed by atoms with Gasteiger partial charge in [-0.3, -0.25) is 14.2 Å². The van der Waals surface area contributed by atoms with E-state index in [1.54, 1.807) is 26.4 Å². The number of rotatable bonds is 7. The molecule has 1 aliphatic carbocycles. The number of carbonyl (C=O) groups is 1. The van der Waals surface area contributed by atoms with Crippen LogP contribution in [0.3, 0.4) is 0 Å². The highest BCUT2D eigenvalue weighted by molar-refractivity contribution is 5.82. The summed E-state index contributed by atoms with van der Waals surface area (Å²) < 4.78 is 22.6. The normalized spacial score (nSPS) is 14.7. The summed E-state index contributed by atoms with van der Waals surface area (Å²) in [5.74, 6) is 1.91.